The molecule has 1 aliphatic rings. The van der Waals surface area contributed by atoms with Crippen LogP contribution in [0, 0.1) is 6.92 Å². The maximum Gasteiger partial charge on any atom is 0.0792 e. The van der Waals surface area contributed by atoms with Crippen LogP contribution in [0.5, 0.6) is 0 Å². The second kappa shape index (κ2) is 6.59. The van der Waals surface area contributed by atoms with Gasteiger partial charge in [-0.3, -0.25) is 0 Å². The van der Waals surface area contributed by atoms with Crippen molar-refractivity contribution in [1.82, 2.24) is 0 Å². The van der Waals surface area contributed by atoms with Crippen LogP contribution in [0.2, 0.25) is 10.0 Å². The van der Waals surface area contributed by atoms with Gasteiger partial charge in [0, 0.05) is 17.8 Å². The fourth-order valence-electron chi connectivity index (χ4n) is 3.25. The van der Waals surface area contributed by atoms with Crippen LogP contribution < -0.4 is 4.90 Å². The molecule has 25 heavy (non-hydrogen) atoms. The Balaban J connectivity index is 1.82. The Morgan fingerprint density at radius 1 is 0.840 bits per heavy atom. The zero-order chi connectivity index (χ0) is 17.4. The molecule has 1 aliphatic heterocycles. The van der Waals surface area contributed by atoms with Crippen molar-refractivity contribution >= 4 is 46.2 Å². The van der Waals surface area contributed by atoms with Crippen LogP contribution in [0.1, 0.15) is 16.7 Å². The van der Waals surface area contributed by atoms with E-state index in [9.17, 15) is 0 Å². The highest BCUT2D eigenvalue weighted by Gasteiger charge is 2.27. The first-order valence-electron chi connectivity index (χ1n) is 8.22. The Kier molecular flexibility index (Phi) is 4.29. The third-order valence-corrected chi connectivity index (χ3v) is 5.10. The summed E-state index contributed by atoms with van der Waals surface area (Å²) in [7, 11) is 0. The number of hydrogen-bond donors (Lipinski definition) is 0. The molecule has 0 spiro atoms. The van der Waals surface area contributed by atoms with Gasteiger partial charge >= 0.3 is 0 Å². The predicted octanol–water partition coefficient (Wildman–Crippen LogP) is 6.99. The summed E-state index contributed by atoms with van der Waals surface area (Å²) in [5.74, 6) is 0. The van der Waals surface area contributed by atoms with E-state index < -0.39 is 0 Å². The first kappa shape index (κ1) is 16.3. The zero-order valence-electron chi connectivity index (χ0n) is 13.8. The molecule has 1 heterocycles. The summed E-state index contributed by atoms with van der Waals surface area (Å²) in [4.78, 5) is 2.19. The van der Waals surface area contributed by atoms with E-state index in [-0.39, 0.29) is 0 Å². The minimum atomic E-state index is 0.666. The van der Waals surface area contributed by atoms with Crippen molar-refractivity contribution in [2.24, 2.45) is 0 Å². The number of rotatable bonds is 2. The predicted molar refractivity (Wildman–Crippen MR) is 109 cm³/mol. The first-order chi connectivity index (χ1) is 12.1. The van der Waals surface area contributed by atoms with Gasteiger partial charge in [0.2, 0.25) is 0 Å². The molecule has 0 saturated heterocycles. The standard InChI is InChI=1S/C22H17Cl2N/c1-15-9-11-16(12-10-15)13-17-14-25(21-8-3-2-5-18(17)21)22-19(23)6-4-7-20(22)24/h2-13H,14H2,1H3/b17-13-. The number of nitrogens with zero attached hydrogens (tertiary/aromatic N) is 1. The topological polar surface area (TPSA) is 3.24 Å². The molecule has 0 atom stereocenters. The Hall–Kier alpha value is -2.22. The third-order valence-electron chi connectivity index (χ3n) is 4.49. The highest BCUT2D eigenvalue weighted by molar-refractivity contribution is 6.39. The molecular formula is C22H17Cl2N. The SMILES string of the molecule is Cc1ccc(/C=C2/CN(c3c(Cl)cccc3Cl)c3ccccc32)cc1. The van der Waals surface area contributed by atoms with Gasteiger partial charge in [0.25, 0.3) is 0 Å². The van der Waals surface area contributed by atoms with Gasteiger partial charge in [0.15, 0.2) is 0 Å². The summed E-state index contributed by atoms with van der Waals surface area (Å²) in [5, 5.41) is 1.33. The minimum absolute atomic E-state index is 0.666. The van der Waals surface area contributed by atoms with E-state index in [0.29, 0.717) is 10.0 Å². The summed E-state index contributed by atoms with van der Waals surface area (Å²) in [6.07, 6.45) is 2.24. The van der Waals surface area contributed by atoms with Crippen LogP contribution in [0.25, 0.3) is 11.6 Å². The number of anilines is 2. The van der Waals surface area contributed by atoms with Gasteiger partial charge in [-0.05, 0) is 42.3 Å². The Morgan fingerprint density at radius 3 is 2.24 bits per heavy atom. The minimum Gasteiger partial charge on any atom is -0.334 e. The summed E-state index contributed by atoms with van der Waals surface area (Å²) in [5.41, 5.74) is 6.94. The van der Waals surface area contributed by atoms with E-state index in [2.05, 4.69) is 60.4 Å². The lowest BCUT2D eigenvalue weighted by Gasteiger charge is -2.21. The van der Waals surface area contributed by atoms with Crippen molar-refractivity contribution in [2.45, 2.75) is 6.92 Å². The molecule has 4 rings (SSSR count). The molecule has 3 heteroatoms. The smallest absolute Gasteiger partial charge is 0.0792 e. The molecule has 0 bridgehead atoms. The number of hydrogen-bond acceptors (Lipinski definition) is 1. The number of para-hydroxylation sites is 2. The molecular weight excluding hydrogens is 349 g/mol. The maximum atomic E-state index is 6.46. The van der Waals surface area contributed by atoms with Gasteiger partial charge in [-0.25, -0.2) is 0 Å². The van der Waals surface area contributed by atoms with Crippen molar-refractivity contribution in [2.75, 3.05) is 11.4 Å². The monoisotopic (exact) mass is 365 g/mol. The van der Waals surface area contributed by atoms with Gasteiger partial charge in [0.05, 0.1) is 15.7 Å². The summed E-state index contributed by atoms with van der Waals surface area (Å²) < 4.78 is 0. The highest BCUT2D eigenvalue weighted by atomic mass is 35.5. The van der Waals surface area contributed by atoms with Crippen LogP contribution in [-0.2, 0) is 0 Å². The number of benzene rings is 3. The second-order valence-corrected chi connectivity index (χ2v) is 7.07. The Labute approximate surface area is 158 Å². The normalized spacial score (nSPS) is 14.8. The molecule has 0 radical (unpaired) electrons. The fraction of sp³-hybridized carbons (Fsp3) is 0.0909. The van der Waals surface area contributed by atoms with Gasteiger partial charge in [-0.1, -0.05) is 77.3 Å². The van der Waals surface area contributed by atoms with Gasteiger partial charge in [0.1, 0.15) is 0 Å². The largest absolute Gasteiger partial charge is 0.334 e. The van der Waals surface area contributed by atoms with Gasteiger partial charge < -0.3 is 4.90 Å². The second-order valence-electron chi connectivity index (χ2n) is 6.25. The van der Waals surface area contributed by atoms with Crippen molar-refractivity contribution < 1.29 is 0 Å². The third kappa shape index (κ3) is 3.06. The average Bonchev–Trinajstić information content (AvgIpc) is 2.96. The highest BCUT2D eigenvalue weighted by Crippen LogP contribution is 2.45. The molecule has 0 unspecified atom stereocenters. The average molecular weight is 366 g/mol. The van der Waals surface area contributed by atoms with Gasteiger partial charge in [-0.2, -0.15) is 0 Å². The lowest BCUT2D eigenvalue weighted by molar-refractivity contribution is 1.16. The molecule has 0 aliphatic carbocycles. The van der Waals surface area contributed by atoms with Crippen molar-refractivity contribution in [3.63, 3.8) is 0 Å². The van der Waals surface area contributed by atoms with Crippen LogP contribution in [-0.4, -0.2) is 6.54 Å². The van der Waals surface area contributed by atoms with Crippen LogP contribution in [0.4, 0.5) is 11.4 Å². The zero-order valence-corrected chi connectivity index (χ0v) is 15.4. The lowest BCUT2D eigenvalue weighted by atomic mass is 10.0. The Bertz CT molecular complexity index is 938. The van der Waals surface area contributed by atoms with Crippen LogP contribution >= 0.6 is 23.2 Å². The van der Waals surface area contributed by atoms with Crippen LogP contribution in [0.15, 0.2) is 66.7 Å². The molecule has 0 aromatic heterocycles. The molecule has 124 valence electrons. The maximum absolute atomic E-state index is 6.46. The molecule has 0 N–H and O–H groups in total. The van der Waals surface area contributed by atoms with E-state index in [1.165, 1.54) is 22.3 Å². The molecule has 3 aromatic rings. The number of aryl methyl sites for hydroxylation is 1. The summed E-state index contributed by atoms with van der Waals surface area (Å²) in [6.45, 7) is 2.85. The van der Waals surface area contributed by atoms with Crippen molar-refractivity contribution in [3.8, 4) is 0 Å². The molecule has 0 amide bonds. The van der Waals surface area contributed by atoms with E-state index in [4.69, 9.17) is 23.2 Å². The van der Waals surface area contributed by atoms with Crippen molar-refractivity contribution in [1.29, 1.82) is 0 Å². The summed E-state index contributed by atoms with van der Waals surface area (Å²) >= 11 is 12.9. The summed E-state index contributed by atoms with van der Waals surface area (Å²) in [6, 6.07) is 22.6. The number of fused-ring (bicyclic) bond motifs is 1. The van der Waals surface area contributed by atoms with E-state index in [1.54, 1.807) is 0 Å². The Morgan fingerprint density at radius 2 is 1.52 bits per heavy atom. The van der Waals surface area contributed by atoms with Crippen molar-refractivity contribution in [3.05, 3.63) is 93.5 Å². The van der Waals surface area contributed by atoms with Crippen LogP contribution in [0.3, 0.4) is 0 Å². The quantitative estimate of drug-likeness (QED) is 0.472. The first-order valence-corrected chi connectivity index (χ1v) is 8.97. The molecule has 0 saturated carbocycles. The van der Waals surface area contributed by atoms with Gasteiger partial charge in [-0.15, -0.1) is 0 Å². The molecule has 0 fully saturated rings. The molecule has 1 nitrogen and oxygen atoms in total. The van der Waals surface area contributed by atoms with E-state index in [0.717, 1.165) is 17.9 Å². The molecule has 3 aromatic carbocycles. The lowest BCUT2D eigenvalue weighted by Crippen LogP contribution is -2.14. The number of halogens is 2. The fourth-order valence-corrected chi connectivity index (χ4v) is 3.86. The van der Waals surface area contributed by atoms with E-state index >= 15 is 0 Å². The van der Waals surface area contributed by atoms with E-state index in [1.807, 2.05) is 24.3 Å².